The molecule has 8 heteroatoms. The maximum absolute atomic E-state index is 12.8. The molecular formula is C17H21N3O3S2. The molecule has 134 valence electrons. The van der Waals surface area contributed by atoms with Gasteiger partial charge in [0.2, 0.25) is 15.9 Å². The van der Waals surface area contributed by atoms with Crippen molar-refractivity contribution in [3.8, 4) is 0 Å². The Morgan fingerprint density at radius 2 is 2.24 bits per heavy atom. The van der Waals surface area contributed by atoms with Crippen molar-refractivity contribution in [2.75, 3.05) is 20.1 Å². The van der Waals surface area contributed by atoms with Crippen molar-refractivity contribution in [1.82, 2.24) is 14.2 Å². The first kappa shape index (κ1) is 18.0. The summed E-state index contributed by atoms with van der Waals surface area (Å²) in [7, 11) is -2.29. The highest BCUT2D eigenvalue weighted by atomic mass is 32.2. The standard InChI is InChI=1S/C17H21N3O3S2/c1-3-15-14-7-10-24-16(14)6-9-20(15)17(21)12-19(2)25(22,23)13-5-4-8-18-11-13/h4-5,7-8,10-11,15H,3,6,9,12H2,1-2H3. The van der Waals surface area contributed by atoms with E-state index in [1.54, 1.807) is 17.4 Å². The Hall–Kier alpha value is -1.77. The molecule has 0 radical (unpaired) electrons. The van der Waals surface area contributed by atoms with E-state index >= 15 is 0 Å². The molecule has 1 amide bonds. The molecule has 0 bridgehead atoms. The van der Waals surface area contributed by atoms with Crippen LogP contribution in [-0.4, -0.2) is 48.7 Å². The fourth-order valence-corrected chi connectivity index (χ4v) is 5.19. The van der Waals surface area contributed by atoms with Gasteiger partial charge in [0.25, 0.3) is 0 Å². The highest BCUT2D eigenvalue weighted by Gasteiger charge is 2.32. The maximum atomic E-state index is 12.8. The molecule has 0 saturated carbocycles. The average molecular weight is 380 g/mol. The van der Waals surface area contributed by atoms with Crippen LogP contribution in [0.2, 0.25) is 0 Å². The van der Waals surface area contributed by atoms with Gasteiger partial charge in [0.05, 0.1) is 12.6 Å². The number of thiophene rings is 1. The summed E-state index contributed by atoms with van der Waals surface area (Å²) in [5.41, 5.74) is 1.20. The van der Waals surface area contributed by atoms with E-state index in [2.05, 4.69) is 16.4 Å². The highest BCUT2D eigenvalue weighted by Crippen LogP contribution is 2.35. The molecule has 2 aromatic rings. The van der Waals surface area contributed by atoms with E-state index in [1.165, 1.54) is 35.9 Å². The Morgan fingerprint density at radius 1 is 1.44 bits per heavy atom. The van der Waals surface area contributed by atoms with Gasteiger partial charge in [-0.3, -0.25) is 9.78 Å². The van der Waals surface area contributed by atoms with E-state index in [9.17, 15) is 13.2 Å². The van der Waals surface area contributed by atoms with Crippen molar-refractivity contribution < 1.29 is 13.2 Å². The Balaban J connectivity index is 1.76. The zero-order chi connectivity index (χ0) is 18.0. The number of sulfonamides is 1. The van der Waals surface area contributed by atoms with E-state index in [-0.39, 0.29) is 23.4 Å². The number of carbonyl (C=O) groups is 1. The summed E-state index contributed by atoms with van der Waals surface area (Å²) >= 11 is 1.72. The van der Waals surface area contributed by atoms with Crippen molar-refractivity contribution in [2.24, 2.45) is 0 Å². The summed E-state index contributed by atoms with van der Waals surface area (Å²) in [4.78, 5) is 19.9. The summed E-state index contributed by atoms with van der Waals surface area (Å²) in [6, 6.07) is 5.15. The minimum absolute atomic E-state index is 0.0250. The topological polar surface area (TPSA) is 70.6 Å². The molecule has 25 heavy (non-hydrogen) atoms. The number of rotatable bonds is 5. The normalized spacial score (nSPS) is 17.6. The second-order valence-corrected chi connectivity index (χ2v) is 9.06. The van der Waals surface area contributed by atoms with Crippen LogP contribution in [0.4, 0.5) is 0 Å². The van der Waals surface area contributed by atoms with E-state index < -0.39 is 10.0 Å². The highest BCUT2D eigenvalue weighted by molar-refractivity contribution is 7.89. The van der Waals surface area contributed by atoms with Crippen LogP contribution >= 0.6 is 11.3 Å². The predicted octanol–water partition coefficient (Wildman–Crippen LogP) is 2.30. The van der Waals surface area contributed by atoms with Crippen LogP contribution in [-0.2, 0) is 21.2 Å². The Morgan fingerprint density at radius 3 is 2.92 bits per heavy atom. The summed E-state index contributed by atoms with van der Waals surface area (Å²) in [5, 5.41) is 2.06. The Bertz CT molecular complexity index is 849. The van der Waals surface area contributed by atoms with Crippen LogP contribution in [0.25, 0.3) is 0 Å². The van der Waals surface area contributed by atoms with Gasteiger partial charge in [-0.25, -0.2) is 8.42 Å². The second-order valence-electron chi connectivity index (χ2n) is 6.01. The first-order chi connectivity index (χ1) is 11.9. The summed E-state index contributed by atoms with van der Waals surface area (Å²) in [6.07, 6.45) is 4.45. The molecule has 1 aliphatic heterocycles. The number of carbonyl (C=O) groups excluding carboxylic acids is 1. The third kappa shape index (κ3) is 3.47. The van der Waals surface area contributed by atoms with Gasteiger partial charge in [-0.2, -0.15) is 4.31 Å². The molecule has 6 nitrogen and oxygen atoms in total. The van der Waals surface area contributed by atoms with Gasteiger partial charge in [-0.1, -0.05) is 6.92 Å². The lowest BCUT2D eigenvalue weighted by molar-refractivity contribution is -0.134. The molecule has 1 unspecified atom stereocenters. The van der Waals surface area contributed by atoms with Crippen LogP contribution in [0, 0.1) is 0 Å². The quantitative estimate of drug-likeness (QED) is 0.799. The molecule has 0 fully saturated rings. The van der Waals surface area contributed by atoms with Crippen molar-refractivity contribution in [2.45, 2.75) is 30.7 Å². The van der Waals surface area contributed by atoms with E-state index in [0.29, 0.717) is 6.54 Å². The average Bonchev–Trinajstić information content (AvgIpc) is 3.10. The Kier molecular flexibility index (Phi) is 5.21. The number of nitrogens with zero attached hydrogens (tertiary/aromatic N) is 3. The predicted molar refractivity (Wildman–Crippen MR) is 96.8 cm³/mol. The number of pyridine rings is 1. The molecule has 0 N–H and O–H groups in total. The molecule has 3 rings (SSSR count). The number of aromatic nitrogens is 1. The van der Waals surface area contributed by atoms with E-state index in [1.807, 2.05) is 11.8 Å². The third-order valence-corrected chi connectivity index (χ3v) is 7.29. The van der Waals surface area contributed by atoms with Crippen molar-refractivity contribution in [3.63, 3.8) is 0 Å². The van der Waals surface area contributed by atoms with Crippen LogP contribution < -0.4 is 0 Å². The van der Waals surface area contributed by atoms with Crippen molar-refractivity contribution in [1.29, 1.82) is 0 Å². The lowest BCUT2D eigenvalue weighted by Gasteiger charge is -2.36. The molecule has 1 aliphatic rings. The van der Waals surface area contributed by atoms with E-state index in [4.69, 9.17) is 0 Å². The Labute approximate surface area is 152 Å². The lowest BCUT2D eigenvalue weighted by Crippen LogP contribution is -2.45. The first-order valence-electron chi connectivity index (χ1n) is 8.17. The number of amides is 1. The van der Waals surface area contributed by atoms with Crippen molar-refractivity contribution >= 4 is 27.3 Å². The molecular weight excluding hydrogens is 358 g/mol. The summed E-state index contributed by atoms with van der Waals surface area (Å²) in [6.45, 7) is 2.51. The minimum atomic E-state index is -3.72. The maximum Gasteiger partial charge on any atom is 0.244 e. The van der Waals surface area contributed by atoms with Gasteiger partial charge < -0.3 is 4.90 Å². The van der Waals surface area contributed by atoms with Gasteiger partial charge in [0.15, 0.2) is 0 Å². The first-order valence-corrected chi connectivity index (χ1v) is 10.5. The fraction of sp³-hybridized carbons (Fsp3) is 0.412. The third-order valence-electron chi connectivity index (χ3n) is 4.50. The monoisotopic (exact) mass is 379 g/mol. The van der Waals surface area contributed by atoms with E-state index in [0.717, 1.165) is 17.1 Å². The van der Waals surface area contributed by atoms with Crippen molar-refractivity contribution in [3.05, 3.63) is 46.4 Å². The van der Waals surface area contributed by atoms with Gasteiger partial charge in [-0.15, -0.1) is 11.3 Å². The fourth-order valence-electron chi connectivity index (χ4n) is 3.18. The zero-order valence-corrected chi connectivity index (χ0v) is 15.9. The lowest BCUT2D eigenvalue weighted by atomic mass is 9.98. The molecule has 1 atom stereocenters. The minimum Gasteiger partial charge on any atom is -0.334 e. The molecule has 0 spiro atoms. The summed E-state index contributed by atoms with van der Waals surface area (Å²) < 4.78 is 26.3. The number of hydrogen-bond donors (Lipinski definition) is 0. The zero-order valence-electron chi connectivity index (χ0n) is 14.3. The molecule has 2 aromatic heterocycles. The molecule has 3 heterocycles. The van der Waals surface area contributed by atoms with Gasteiger partial charge in [0.1, 0.15) is 4.90 Å². The smallest absolute Gasteiger partial charge is 0.244 e. The van der Waals surface area contributed by atoms with Gasteiger partial charge >= 0.3 is 0 Å². The SMILES string of the molecule is CCC1c2ccsc2CCN1C(=O)CN(C)S(=O)(=O)c1cccnc1. The van der Waals surface area contributed by atoms with Gasteiger partial charge in [-0.05, 0) is 42.0 Å². The van der Waals surface area contributed by atoms with Crippen LogP contribution in [0.3, 0.4) is 0 Å². The number of hydrogen-bond acceptors (Lipinski definition) is 5. The largest absolute Gasteiger partial charge is 0.334 e. The van der Waals surface area contributed by atoms with Gasteiger partial charge in [0, 0.05) is 30.9 Å². The second kappa shape index (κ2) is 7.23. The van der Waals surface area contributed by atoms with Crippen LogP contribution in [0.5, 0.6) is 0 Å². The number of likely N-dealkylation sites (N-methyl/N-ethyl adjacent to an activating group) is 1. The molecule has 0 aliphatic carbocycles. The summed E-state index contributed by atoms with van der Waals surface area (Å²) in [5.74, 6) is -0.168. The van der Waals surface area contributed by atoms with Crippen LogP contribution in [0.1, 0.15) is 29.8 Å². The number of fused-ring (bicyclic) bond motifs is 1. The molecule has 0 saturated heterocycles. The molecule has 0 aromatic carbocycles. The van der Waals surface area contributed by atoms with Crippen LogP contribution in [0.15, 0.2) is 40.9 Å².